The lowest BCUT2D eigenvalue weighted by molar-refractivity contribution is 0.749. The van der Waals surface area contributed by atoms with Crippen LogP contribution in [0.4, 0.5) is 5.82 Å². The fraction of sp³-hybridized carbons (Fsp3) is 0.500. The summed E-state index contributed by atoms with van der Waals surface area (Å²) < 4.78 is 0.998. The van der Waals surface area contributed by atoms with Gasteiger partial charge in [-0.2, -0.15) is 0 Å². The Morgan fingerprint density at radius 2 is 2.36 bits per heavy atom. The Hall–Kier alpha value is -0.280. The smallest absolute Gasteiger partial charge is 0.125 e. The van der Waals surface area contributed by atoms with E-state index in [0.29, 0.717) is 0 Å². The normalized spacial score (nSPS) is 12.5. The van der Waals surface area contributed by atoms with Crippen LogP contribution in [0.15, 0.2) is 22.8 Å². The number of hydrogen-bond acceptors (Lipinski definition) is 2. The van der Waals surface area contributed by atoms with Crippen molar-refractivity contribution in [3.8, 4) is 0 Å². The number of pyridine rings is 1. The number of halogens is 2. The minimum atomic E-state index is 0.259. The van der Waals surface area contributed by atoms with Crippen molar-refractivity contribution < 1.29 is 0 Å². The SMILES string of the molecule is CC(Cl)CCCNc1ccc(Br)cn1. The molecule has 0 bridgehead atoms. The number of hydrogen-bond donors (Lipinski definition) is 1. The van der Waals surface area contributed by atoms with Crippen molar-refractivity contribution in [3.05, 3.63) is 22.8 Å². The van der Waals surface area contributed by atoms with Gasteiger partial charge in [0.25, 0.3) is 0 Å². The van der Waals surface area contributed by atoms with Crippen LogP contribution in [0.5, 0.6) is 0 Å². The van der Waals surface area contributed by atoms with Gasteiger partial charge in [-0.25, -0.2) is 4.98 Å². The van der Waals surface area contributed by atoms with E-state index in [-0.39, 0.29) is 5.38 Å². The van der Waals surface area contributed by atoms with Gasteiger partial charge in [-0.05, 0) is 47.8 Å². The number of nitrogens with zero attached hydrogens (tertiary/aromatic N) is 1. The van der Waals surface area contributed by atoms with Gasteiger partial charge >= 0.3 is 0 Å². The van der Waals surface area contributed by atoms with Crippen molar-refractivity contribution in [2.75, 3.05) is 11.9 Å². The van der Waals surface area contributed by atoms with E-state index in [1.54, 1.807) is 6.20 Å². The second-order valence-corrected chi connectivity index (χ2v) is 4.87. The van der Waals surface area contributed by atoms with Crippen molar-refractivity contribution in [1.29, 1.82) is 0 Å². The maximum Gasteiger partial charge on any atom is 0.125 e. The van der Waals surface area contributed by atoms with E-state index in [4.69, 9.17) is 11.6 Å². The lowest BCUT2D eigenvalue weighted by atomic mass is 10.2. The molecular formula is C10H14BrClN2. The molecule has 0 aliphatic carbocycles. The molecule has 1 rings (SSSR count). The summed E-state index contributed by atoms with van der Waals surface area (Å²) in [5.74, 6) is 0.912. The van der Waals surface area contributed by atoms with Gasteiger partial charge in [0.05, 0.1) is 0 Å². The summed E-state index contributed by atoms with van der Waals surface area (Å²) in [5, 5.41) is 3.50. The molecule has 0 aromatic carbocycles. The molecule has 4 heteroatoms. The molecule has 1 aromatic heterocycles. The summed E-state index contributed by atoms with van der Waals surface area (Å²) in [7, 11) is 0. The summed E-state index contributed by atoms with van der Waals surface area (Å²) in [6, 6.07) is 3.92. The number of alkyl halides is 1. The first kappa shape index (κ1) is 11.8. The molecule has 0 fully saturated rings. The van der Waals surface area contributed by atoms with Crippen LogP contribution in [0.3, 0.4) is 0 Å². The van der Waals surface area contributed by atoms with Gasteiger partial charge in [0, 0.05) is 22.6 Å². The molecule has 2 nitrogen and oxygen atoms in total. The largest absolute Gasteiger partial charge is 0.370 e. The molecular weight excluding hydrogens is 263 g/mol. The molecule has 0 radical (unpaired) electrons. The number of anilines is 1. The zero-order chi connectivity index (χ0) is 10.4. The van der Waals surface area contributed by atoms with Crippen LogP contribution >= 0.6 is 27.5 Å². The van der Waals surface area contributed by atoms with Gasteiger partial charge in [-0.15, -0.1) is 11.6 Å². The standard InChI is InChI=1S/C10H14BrClN2/c1-8(12)3-2-6-13-10-5-4-9(11)7-14-10/h4-5,7-8H,2-3,6H2,1H3,(H,13,14). The molecule has 1 aromatic rings. The van der Waals surface area contributed by atoms with Crippen molar-refractivity contribution in [1.82, 2.24) is 4.98 Å². The first-order valence-electron chi connectivity index (χ1n) is 4.68. The summed E-state index contributed by atoms with van der Waals surface area (Å²) >= 11 is 9.17. The lowest BCUT2D eigenvalue weighted by Gasteiger charge is -2.05. The molecule has 0 saturated heterocycles. The molecule has 1 heterocycles. The average molecular weight is 278 g/mol. The fourth-order valence-electron chi connectivity index (χ4n) is 1.08. The molecule has 1 unspecified atom stereocenters. The first-order chi connectivity index (χ1) is 6.68. The first-order valence-corrected chi connectivity index (χ1v) is 5.91. The Labute approximate surface area is 98.2 Å². The summed E-state index contributed by atoms with van der Waals surface area (Å²) in [4.78, 5) is 4.20. The summed E-state index contributed by atoms with van der Waals surface area (Å²) in [6.45, 7) is 2.94. The molecule has 0 spiro atoms. The minimum Gasteiger partial charge on any atom is -0.370 e. The van der Waals surface area contributed by atoms with Crippen LogP contribution in [0, 0.1) is 0 Å². The zero-order valence-electron chi connectivity index (χ0n) is 8.13. The predicted molar refractivity (Wildman–Crippen MR) is 65.0 cm³/mol. The van der Waals surface area contributed by atoms with Gasteiger partial charge in [-0.1, -0.05) is 0 Å². The van der Waals surface area contributed by atoms with Gasteiger partial charge in [0.1, 0.15) is 5.82 Å². The quantitative estimate of drug-likeness (QED) is 0.656. The Bertz CT molecular complexity index is 261. The van der Waals surface area contributed by atoms with Crippen LogP contribution in [0.2, 0.25) is 0 Å². The third-order valence-corrected chi connectivity index (χ3v) is 2.50. The molecule has 0 aliphatic rings. The van der Waals surface area contributed by atoms with Gasteiger partial charge in [-0.3, -0.25) is 0 Å². The van der Waals surface area contributed by atoms with Crippen molar-refractivity contribution in [2.24, 2.45) is 0 Å². The van der Waals surface area contributed by atoms with Crippen molar-refractivity contribution in [3.63, 3.8) is 0 Å². The fourth-order valence-corrected chi connectivity index (χ4v) is 1.47. The van der Waals surface area contributed by atoms with E-state index in [2.05, 4.69) is 26.2 Å². The number of aromatic nitrogens is 1. The van der Waals surface area contributed by atoms with Gasteiger partial charge in [0.15, 0.2) is 0 Å². The van der Waals surface area contributed by atoms with Crippen LogP contribution in [0.1, 0.15) is 19.8 Å². The van der Waals surface area contributed by atoms with E-state index < -0.39 is 0 Å². The third-order valence-electron chi connectivity index (χ3n) is 1.81. The summed E-state index contributed by atoms with van der Waals surface area (Å²) in [5.41, 5.74) is 0. The van der Waals surface area contributed by atoms with Crippen molar-refractivity contribution >= 4 is 33.3 Å². The average Bonchev–Trinajstić information content (AvgIpc) is 2.15. The molecule has 1 atom stereocenters. The number of rotatable bonds is 5. The van der Waals surface area contributed by atoms with Gasteiger partial charge in [0.2, 0.25) is 0 Å². The Kier molecular flexibility index (Phi) is 5.26. The monoisotopic (exact) mass is 276 g/mol. The number of nitrogens with one attached hydrogen (secondary N) is 1. The van der Waals surface area contributed by atoms with Crippen LogP contribution < -0.4 is 5.32 Å². The third kappa shape index (κ3) is 4.82. The minimum absolute atomic E-state index is 0.259. The second-order valence-electron chi connectivity index (χ2n) is 3.21. The highest BCUT2D eigenvalue weighted by atomic mass is 79.9. The highest BCUT2D eigenvalue weighted by molar-refractivity contribution is 9.10. The van der Waals surface area contributed by atoms with E-state index in [0.717, 1.165) is 29.7 Å². The zero-order valence-corrected chi connectivity index (χ0v) is 10.5. The molecule has 14 heavy (non-hydrogen) atoms. The van der Waals surface area contributed by atoms with Crippen LogP contribution in [0.25, 0.3) is 0 Å². The maximum absolute atomic E-state index is 5.83. The molecule has 0 saturated carbocycles. The van der Waals surface area contributed by atoms with E-state index in [1.807, 2.05) is 19.1 Å². The molecule has 0 aliphatic heterocycles. The Morgan fingerprint density at radius 3 is 2.93 bits per heavy atom. The Morgan fingerprint density at radius 1 is 1.57 bits per heavy atom. The van der Waals surface area contributed by atoms with Crippen LogP contribution in [-0.4, -0.2) is 16.9 Å². The van der Waals surface area contributed by atoms with E-state index in [9.17, 15) is 0 Å². The van der Waals surface area contributed by atoms with Crippen molar-refractivity contribution in [2.45, 2.75) is 25.1 Å². The summed E-state index contributed by atoms with van der Waals surface area (Å²) in [6.07, 6.45) is 3.89. The van der Waals surface area contributed by atoms with E-state index in [1.165, 1.54) is 0 Å². The Balaban J connectivity index is 2.21. The molecule has 0 amide bonds. The highest BCUT2D eigenvalue weighted by Crippen LogP contribution is 2.10. The second kappa shape index (κ2) is 6.25. The van der Waals surface area contributed by atoms with E-state index >= 15 is 0 Å². The predicted octanol–water partition coefficient (Wildman–Crippen LogP) is 3.66. The lowest BCUT2D eigenvalue weighted by Crippen LogP contribution is -2.04. The molecule has 78 valence electrons. The highest BCUT2D eigenvalue weighted by Gasteiger charge is 1.96. The van der Waals surface area contributed by atoms with Crippen LogP contribution in [-0.2, 0) is 0 Å². The maximum atomic E-state index is 5.83. The van der Waals surface area contributed by atoms with Gasteiger partial charge < -0.3 is 5.32 Å². The topological polar surface area (TPSA) is 24.9 Å². The molecule has 1 N–H and O–H groups in total.